The van der Waals surface area contributed by atoms with Crippen LogP contribution in [0.4, 0.5) is 5.13 Å². The van der Waals surface area contributed by atoms with Crippen LogP contribution in [0.5, 0.6) is 0 Å². The van der Waals surface area contributed by atoms with Crippen molar-refractivity contribution in [1.29, 1.82) is 0 Å². The minimum Gasteiger partial charge on any atom is -0.310 e. The molecule has 1 N–H and O–H groups in total. The zero-order valence-corrected chi connectivity index (χ0v) is 13.8. The Hall–Kier alpha value is -0.980. The number of carbonyl (C=O) groups is 1. The van der Waals surface area contributed by atoms with E-state index >= 15 is 0 Å². The predicted molar refractivity (Wildman–Crippen MR) is 85.3 cm³/mol. The molecule has 1 amide bonds. The number of thiazole rings is 1. The fourth-order valence-electron chi connectivity index (χ4n) is 1.99. The Kier molecular flexibility index (Phi) is 7.72. The van der Waals surface area contributed by atoms with Gasteiger partial charge in [-0.15, -0.1) is 11.3 Å². The van der Waals surface area contributed by atoms with Gasteiger partial charge in [-0.25, -0.2) is 4.98 Å². The zero-order valence-electron chi connectivity index (χ0n) is 13.0. The molecule has 0 radical (unpaired) electrons. The highest BCUT2D eigenvalue weighted by molar-refractivity contribution is 7.14. The van der Waals surface area contributed by atoms with Gasteiger partial charge in [0.15, 0.2) is 5.13 Å². The van der Waals surface area contributed by atoms with Crippen molar-refractivity contribution < 1.29 is 4.79 Å². The minimum atomic E-state index is 0.0443. The van der Waals surface area contributed by atoms with Crippen LogP contribution in [0.15, 0.2) is 5.38 Å². The zero-order chi connectivity index (χ0) is 15.0. The van der Waals surface area contributed by atoms with Gasteiger partial charge in [0.25, 0.3) is 0 Å². The maximum absolute atomic E-state index is 11.5. The molecule has 1 rings (SSSR count). The number of rotatable bonds is 9. The molecule has 0 aromatic carbocycles. The molecule has 0 saturated heterocycles. The fraction of sp³-hybridized carbons (Fsp3) is 0.714. The molecule has 0 aliphatic rings. The van der Waals surface area contributed by atoms with Crippen molar-refractivity contribution in [3.05, 3.63) is 11.1 Å². The Morgan fingerprint density at radius 1 is 1.30 bits per heavy atom. The number of hydrogen-bond donors (Lipinski definition) is 1. The summed E-state index contributed by atoms with van der Waals surface area (Å²) in [7, 11) is 0. The van der Waals surface area contributed by atoms with E-state index in [1.807, 2.05) is 12.3 Å². The second kappa shape index (κ2) is 9.05. The number of hydrogen-bond acceptors (Lipinski definition) is 5. The topological polar surface area (TPSA) is 48.5 Å². The van der Waals surface area contributed by atoms with Crippen molar-refractivity contribution in [2.75, 3.05) is 37.6 Å². The summed E-state index contributed by atoms with van der Waals surface area (Å²) >= 11 is 1.53. The molecular formula is C14H26N4OS. The molecule has 1 aromatic heterocycles. The lowest BCUT2D eigenvalue weighted by atomic mass is 10.4. The van der Waals surface area contributed by atoms with Gasteiger partial charge >= 0.3 is 0 Å². The van der Waals surface area contributed by atoms with E-state index in [4.69, 9.17) is 0 Å². The second-order valence-corrected chi connectivity index (χ2v) is 5.42. The first-order chi connectivity index (χ1) is 9.62. The number of carbonyl (C=O) groups excluding carboxylic acids is 1. The van der Waals surface area contributed by atoms with Gasteiger partial charge in [-0.2, -0.15) is 0 Å². The summed E-state index contributed by atoms with van der Waals surface area (Å²) in [6, 6.07) is 0. The SMILES string of the molecule is CCN(CC)CCNCc1csc(N(CC)C(C)=O)n1. The average Bonchev–Trinajstić information content (AvgIpc) is 2.88. The average molecular weight is 298 g/mol. The molecule has 114 valence electrons. The molecule has 0 unspecified atom stereocenters. The number of nitrogens with one attached hydrogen (secondary N) is 1. The van der Waals surface area contributed by atoms with Crippen molar-refractivity contribution in [2.45, 2.75) is 34.2 Å². The summed E-state index contributed by atoms with van der Waals surface area (Å²) in [6.07, 6.45) is 0. The molecule has 0 fully saturated rings. The van der Waals surface area contributed by atoms with Crippen LogP contribution in [0.3, 0.4) is 0 Å². The van der Waals surface area contributed by atoms with Crippen LogP contribution in [0.25, 0.3) is 0 Å². The van der Waals surface area contributed by atoms with Crippen molar-refractivity contribution in [1.82, 2.24) is 15.2 Å². The lowest BCUT2D eigenvalue weighted by molar-refractivity contribution is -0.116. The first kappa shape index (κ1) is 17.1. The Morgan fingerprint density at radius 3 is 2.55 bits per heavy atom. The van der Waals surface area contributed by atoms with E-state index in [0.29, 0.717) is 6.54 Å². The van der Waals surface area contributed by atoms with Crippen LogP contribution in [-0.2, 0) is 11.3 Å². The normalized spacial score (nSPS) is 11.1. The van der Waals surface area contributed by atoms with Gasteiger partial charge in [-0.1, -0.05) is 13.8 Å². The molecule has 1 heterocycles. The molecule has 5 nitrogen and oxygen atoms in total. The highest BCUT2D eigenvalue weighted by atomic mass is 32.1. The van der Waals surface area contributed by atoms with Crippen LogP contribution in [-0.4, -0.2) is 48.5 Å². The van der Waals surface area contributed by atoms with Crippen LogP contribution in [0, 0.1) is 0 Å². The Morgan fingerprint density at radius 2 is 2.00 bits per heavy atom. The summed E-state index contributed by atoms with van der Waals surface area (Å²) in [4.78, 5) is 20.0. The first-order valence-corrected chi connectivity index (χ1v) is 8.15. The number of amides is 1. The molecule has 0 saturated carbocycles. The van der Waals surface area contributed by atoms with Gasteiger partial charge in [0.05, 0.1) is 5.69 Å². The van der Waals surface area contributed by atoms with Gasteiger partial charge in [0.1, 0.15) is 0 Å². The van der Waals surface area contributed by atoms with Gasteiger partial charge in [-0.05, 0) is 20.0 Å². The summed E-state index contributed by atoms with van der Waals surface area (Å²) < 4.78 is 0. The quantitative estimate of drug-likeness (QED) is 0.708. The van der Waals surface area contributed by atoms with Crippen molar-refractivity contribution in [3.8, 4) is 0 Å². The van der Waals surface area contributed by atoms with Crippen LogP contribution >= 0.6 is 11.3 Å². The predicted octanol–water partition coefficient (Wildman–Crippen LogP) is 1.95. The van der Waals surface area contributed by atoms with E-state index in [0.717, 1.165) is 43.5 Å². The summed E-state index contributed by atoms with van der Waals surface area (Å²) in [5, 5.41) is 6.21. The lowest BCUT2D eigenvalue weighted by Crippen LogP contribution is -2.31. The van der Waals surface area contributed by atoms with E-state index in [-0.39, 0.29) is 5.91 Å². The largest absolute Gasteiger partial charge is 0.310 e. The molecule has 6 heteroatoms. The van der Waals surface area contributed by atoms with E-state index in [1.54, 1.807) is 11.8 Å². The molecule has 0 aliphatic heterocycles. The van der Waals surface area contributed by atoms with Crippen molar-refractivity contribution in [2.24, 2.45) is 0 Å². The highest BCUT2D eigenvalue weighted by Crippen LogP contribution is 2.20. The van der Waals surface area contributed by atoms with Crippen LogP contribution < -0.4 is 10.2 Å². The number of aromatic nitrogens is 1. The Bertz CT molecular complexity index is 404. The first-order valence-electron chi connectivity index (χ1n) is 7.27. The molecule has 0 aliphatic carbocycles. The third-order valence-corrected chi connectivity index (χ3v) is 4.18. The smallest absolute Gasteiger partial charge is 0.225 e. The molecule has 0 atom stereocenters. The van der Waals surface area contributed by atoms with Gasteiger partial charge in [0.2, 0.25) is 5.91 Å². The fourth-order valence-corrected chi connectivity index (χ4v) is 2.92. The Labute approximate surface area is 126 Å². The minimum absolute atomic E-state index is 0.0443. The third-order valence-electron chi connectivity index (χ3n) is 3.27. The number of likely N-dealkylation sites (N-methyl/N-ethyl adjacent to an activating group) is 1. The van der Waals surface area contributed by atoms with Crippen molar-refractivity contribution in [3.63, 3.8) is 0 Å². The second-order valence-electron chi connectivity index (χ2n) is 4.59. The maximum atomic E-state index is 11.5. The molecule has 0 bridgehead atoms. The molecular weight excluding hydrogens is 272 g/mol. The van der Waals surface area contributed by atoms with E-state index in [1.165, 1.54) is 11.3 Å². The van der Waals surface area contributed by atoms with Gasteiger partial charge in [-0.3, -0.25) is 9.69 Å². The van der Waals surface area contributed by atoms with Crippen LogP contribution in [0.2, 0.25) is 0 Å². The maximum Gasteiger partial charge on any atom is 0.225 e. The highest BCUT2D eigenvalue weighted by Gasteiger charge is 2.13. The Balaban J connectivity index is 2.39. The van der Waals surface area contributed by atoms with Gasteiger partial charge in [0, 0.05) is 38.5 Å². The van der Waals surface area contributed by atoms with E-state index in [9.17, 15) is 4.79 Å². The lowest BCUT2D eigenvalue weighted by Gasteiger charge is -2.17. The number of nitrogens with zero attached hydrogens (tertiary/aromatic N) is 3. The number of anilines is 1. The van der Waals surface area contributed by atoms with E-state index in [2.05, 4.69) is 29.0 Å². The summed E-state index contributed by atoms with van der Waals surface area (Å²) in [6.45, 7) is 13.5. The molecule has 20 heavy (non-hydrogen) atoms. The summed E-state index contributed by atoms with van der Waals surface area (Å²) in [5.74, 6) is 0.0443. The third kappa shape index (κ3) is 5.19. The monoisotopic (exact) mass is 298 g/mol. The van der Waals surface area contributed by atoms with Crippen molar-refractivity contribution >= 4 is 22.4 Å². The molecule has 1 aromatic rings. The van der Waals surface area contributed by atoms with Crippen LogP contribution in [0.1, 0.15) is 33.4 Å². The van der Waals surface area contributed by atoms with E-state index < -0.39 is 0 Å². The molecule has 0 spiro atoms. The van der Waals surface area contributed by atoms with Gasteiger partial charge < -0.3 is 10.2 Å². The summed E-state index contributed by atoms with van der Waals surface area (Å²) in [5.41, 5.74) is 1.00. The standard InChI is InChI=1S/C14H26N4OS/c1-5-17(6-2)9-8-15-10-13-11-20-14(16-13)18(7-3)12(4)19/h11,15H,5-10H2,1-4H3.